The van der Waals surface area contributed by atoms with Crippen LogP contribution in [0, 0.1) is 5.92 Å². The van der Waals surface area contributed by atoms with Gasteiger partial charge >= 0.3 is 6.03 Å². The quantitative estimate of drug-likeness (QED) is 0.0678. The molecule has 1 fully saturated rings. The number of nitrogens with one attached hydrogen (secondary N) is 4. The van der Waals surface area contributed by atoms with Gasteiger partial charge in [-0.1, -0.05) is 46.2 Å². The Kier molecular flexibility index (Phi) is 18.4. The summed E-state index contributed by atoms with van der Waals surface area (Å²) in [4.78, 5) is 88.3. The molecule has 2 rings (SSSR count). The summed E-state index contributed by atoms with van der Waals surface area (Å²) in [5.74, 6) is -2.31. The van der Waals surface area contributed by atoms with Crippen LogP contribution < -0.4 is 27.0 Å². The smallest absolute Gasteiger partial charge is 0.312 e. The molecule has 0 spiro atoms. The maximum atomic E-state index is 13.4. The molecular formula is C34H53BN6O8S. The number of unbranched alkanes of at least 4 members (excludes halogenated alkanes) is 2. The number of urea groups is 1. The number of likely N-dealkylation sites (tertiary alicyclic amines) is 1. The number of nitrogens with zero attached hydrogens (tertiary/aromatic N) is 1. The van der Waals surface area contributed by atoms with Crippen LogP contribution in [0.25, 0.3) is 0 Å². The first-order valence-electron chi connectivity index (χ1n) is 17.4. The standard InChI is InChI=1S/C34H53BN6O8S/c1-5-24(6-2)50-26-19-28(43)41(32(26)46)18-9-7-8-12-27(42)40-29(21(3)4)31(45)39-25(11-10-17-37-34(36)48)30(44)38-23-15-13-22(14-16-23)20-49-33(35)47/h13-16,21,24-26,29H,5-12,17-20,35H2,1-4H3,(H,38,44)(H,39,45)(H,40,42)(H3,36,37,48)/t25-,26?,29?/m0/s1. The highest BCUT2D eigenvalue weighted by Crippen LogP contribution is 2.31. The van der Waals surface area contributed by atoms with Gasteiger partial charge in [-0.15, -0.1) is 11.8 Å². The molecule has 276 valence electrons. The normalized spacial score (nSPS) is 15.5. The highest BCUT2D eigenvalue weighted by Gasteiger charge is 2.39. The van der Waals surface area contributed by atoms with Crippen molar-refractivity contribution in [1.82, 2.24) is 20.9 Å². The molecule has 14 nitrogen and oxygen atoms in total. The van der Waals surface area contributed by atoms with Crippen LogP contribution in [-0.4, -0.2) is 89.9 Å². The van der Waals surface area contributed by atoms with E-state index in [0.29, 0.717) is 43.2 Å². The second-order valence-electron chi connectivity index (χ2n) is 12.7. The van der Waals surface area contributed by atoms with Crippen molar-refractivity contribution in [3.63, 3.8) is 0 Å². The molecule has 0 aliphatic carbocycles. The fourth-order valence-electron chi connectivity index (χ4n) is 5.37. The maximum absolute atomic E-state index is 13.4. The van der Waals surface area contributed by atoms with Gasteiger partial charge in [0.05, 0.1) is 5.25 Å². The fourth-order valence-corrected chi connectivity index (χ4v) is 6.70. The van der Waals surface area contributed by atoms with Crippen LogP contribution in [0.4, 0.5) is 15.3 Å². The van der Waals surface area contributed by atoms with Gasteiger partial charge in [0.25, 0.3) is 0 Å². The third kappa shape index (κ3) is 14.8. The SMILES string of the molecule is BC(=O)OCc1ccc(NC(=O)[C@H](CCCNC(N)=O)NC(=O)C(NC(=O)CCCCCN2C(=O)CC(SC(CC)CC)C2=O)C(C)C)cc1. The Morgan fingerprint density at radius 1 is 0.980 bits per heavy atom. The summed E-state index contributed by atoms with van der Waals surface area (Å²) < 4.78 is 4.98. The average Bonchev–Trinajstić information content (AvgIpc) is 3.33. The van der Waals surface area contributed by atoms with Gasteiger partial charge in [-0.05, 0) is 62.1 Å². The molecule has 0 saturated carbocycles. The molecule has 16 heteroatoms. The molecule has 1 aliphatic heterocycles. The molecule has 3 atom stereocenters. The number of carbonyl (C=O) groups excluding carboxylic acids is 7. The van der Waals surface area contributed by atoms with E-state index in [0.717, 1.165) is 18.4 Å². The van der Waals surface area contributed by atoms with Gasteiger partial charge in [-0.3, -0.25) is 33.7 Å². The lowest BCUT2D eigenvalue weighted by Gasteiger charge is -2.25. The summed E-state index contributed by atoms with van der Waals surface area (Å²) in [7, 11) is 1.31. The molecule has 0 aromatic heterocycles. The fraction of sp³-hybridized carbons (Fsp3) is 0.618. The van der Waals surface area contributed by atoms with Crippen molar-refractivity contribution in [2.45, 2.75) is 115 Å². The first-order chi connectivity index (χ1) is 23.7. The van der Waals surface area contributed by atoms with Gasteiger partial charge in [-0.2, -0.15) is 0 Å². The minimum absolute atomic E-state index is 0.0937. The van der Waals surface area contributed by atoms with E-state index in [1.54, 1.807) is 49.9 Å². The molecule has 0 bridgehead atoms. The molecule has 0 radical (unpaired) electrons. The molecule has 7 amide bonds. The van der Waals surface area contributed by atoms with Crippen molar-refractivity contribution in [3.8, 4) is 0 Å². The Morgan fingerprint density at radius 2 is 1.66 bits per heavy atom. The first-order valence-corrected chi connectivity index (χ1v) is 18.4. The summed E-state index contributed by atoms with van der Waals surface area (Å²) in [6, 6.07) is 4.09. The lowest BCUT2D eigenvalue weighted by molar-refractivity contribution is -0.138. The molecule has 1 aliphatic rings. The predicted molar refractivity (Wildman–Crippen MR) is 195 cm³/mol. The zero-order valence-corrected chi connectivity index (χ0v) is 30.7. The highest BCUT2D eigenvalue weighted by atomic mass is 32.2. The number of nitrogens with two attached hydrogens (primary N) is 1. The third-order valence-corrected chi connectivity index (χ3v) is 10.0. The molecule has 1 heterocycles. The number of rotatable bonds is 22. The summed E-state index contributed by atoms with van der Waals surface area (Å²) in [6.45, 7) is 8.35. The Hall–Kier alpha value is -4.08. The number of primary amides is 1. The van der Waals surface area contributed by atoms with E-state index in [4.69, 9.17) is 10.5 Å². The summed E-state index contributed by atoms with van der Waals surface area (Å²) in [5, 5.41) is 10.8. The summed E-state index contributed by atoms with van der Waals surface area (Å²) >= 11 is 1.59. The lowest BCUT2D eigenvalue weighted by Crippen LogP contribution is -2.54. The van der Waals surface area contributed by atoms with Crippen molar-refractivity contribution in [3.05, 3.63) is 29.8 Å². The van der Waals surface area contributed by atoms with Crippen LogP contribution in [0.3, 0.4) is 0 Å². The van der Waals surface area contributed by atoms with E-state index in [-0.39, 0.29) is 61.3 Å². The number of carbonyl (C=O) groups is 7. The number of hydrogen-bond donors (Lipinski definition) is 5. The predicted octanol–water partition coefficient (Wildman–Crippen LogP) is 2.58. The molecule has 1 aromatic carbocycles. The van der Waals surface area contributed by atoms with Crippen molar-refractivity contribution >= 4 is 66.7 Å². The number of anilines is 1. The van der Waals surface area contributed by atoms with Gasteiger partial charge in [-0.25, -0.2) is 4.79 Å². The number of amides is 7. The first kappa shape index (κ1) is 42.1. The topological polar surface area (TPSA) is 206 Å². The van der Waals surface area contributed by atoms with E-state index in [2.05, 4.69) is 35.1 Å². The van der Waals surface area contributed by atoms with Crippen molar-refractivity contribution < 1.29 is 38.3 Å². The minimum atomic E-state index is -0.986. The van der Waals surface area contributed by atoms with E-state index in [1.165, 1.54) is 12.7 Å². The van der Waals surface area contributed by atoms with E-state index in [1.807, 2.05) is 0 Å². The Labute approximate surface area is 299 Å². The largest absolute Gasteiger partial charge is 0.469 e. The van der Waals surface area contributed by atoms with Crippen LogP contribution in [0.2, 0.25) is 0 Å². The van der Waals surface area contributed by atoms with Gasteiger partial charge in [0.2, 0.25) is 43.3 Å². The average molecular weight is 717 g/mol. The molecule has 1 saturated heterocycles. The van der Waals surface area contributed by atoms with Crippen molar-refractivity contribution in [1.29, 1.82) is 0 Å². The van der Waals surface area contributed by atoms with Crippen molar-refractivity contribution in [2.24, 2.45) is 11.7 Å². The molecule has 50 heavy (non-hydrogen) atoms. The molecule has 6 N–H and O–H groups in total. The van der Waals surface area contributed by atoms with Crippen LogP contribution in [-0.2, 0) is 35.3 Å². The summed E-state index contributed by atoms with van der Waals surface area (Å²) in [6.07, 6.45) is 4.53. The Bertz CT molecular complexity index is 1330. The zero-order valence-electron chi connectivity index (χ0n) is 29.9. The van der Waals surface area contributed by atoms with E-state index in [9.17, 15) is 33.6 Å². The van der Waals surface area contributed by atoms with Gasteiger partial charge in [0.15, 0.2) is 0 Å². The minimum Gasteiger partial charge on any atom is -0.469 e. The van der Waals surface area contributed by atoms with E-state index < -0.39 is 35.8 Å². The number of benzene rings is 1. The number of ether oxygens (including phenoxy) is 1. The van der Waals surface area contributed by atoms with E-state index >= 15 is 0 Å². The molecule has 2 unspecified atom stereocenters. The molecule has 1 aromatic rings. The second kappa shape index (κ2) is 21.9. The molecular weight excluding hydrogens is 663 g/mol. The van der Waals surface area contributed by atoms with Crippen LogP contribution in [0.1, 0.15) is 91.0 Å². The maximum Gasteiger partial charge on any atom is 0.312 e. The van der Waals surface area contributed by atoms with Crippen LogP contribution in [0.5, 0.6) is 0 Å². The number of hydrogen-bond acceptors (Lipinski definition) is 9. The lowest BCUT2D eigenvalue weighted by atomic mass is 10.0. The van der Waals surface area contributed by atoms with Crippen molar-refractivity contribution in [2.75, 3.05) is 18.4 Å². The van der Waals surface area contributed by atoms with Gasteiger partial charge in [0, 0.05) is 36.9 Å². The number of imide groups is 1. The monoisotopic (exact) mass is 716 g/mol. The van der Waals surface area contributed by atoms with Crippen LogP contribution >= 0.6 is 11.8 Å². The highest BCUT2D eigenvalue weighted by molar-refractivity contribution is 8.01. The zero-order chi connectivity index (χ0) is 37.2. The number of thioether (sulfide) groups is 1. The van der Waals surface area contributed by atoms with Gasteiger partial charge in [0.1, 0.15) is 18.7 Å². The van der Waals surface area contributed by atoms with Gasteiger partial charge < -0.3 is 31.7 Å². The van der Waals surface area contributed by atoms with Crippen LogP contribution in [0.15, 0.2) is 24.3 Å². The second-order valence-corrected chi connectivity index (χ2v) is 14.2. The Balaban J connectivity index is 1.91. The summed E-state index contributed by atoms with van der Waals surface area (Å²) in [5.41, 5.74) is 6.34. The Morgan fingerprint density at radius 3 is 2.26 bits per heavy atom. The third-order valence-electron chi connectivity index (χ3n) is 8.29.